The number of hydrogen-bond donors (Lipinski definition) is 0. The minimum Gasteiger partial charge on any atom is -0.334 e. The molecule has 2 fully saturated rings. The molecule has 156 valence electrons. The van der Waals surface area contributed by atoms with Crippen molar-refractivity contribution in [3.05, 3.63) is 29.6 Å². The predicted molar refractivity (Wildman–Crippen MR) is 106 cm³/mol. The Bertz CT molecular complexity index is 805. The molecule has 0 aromatic heterocycles. The summed E-state index contributed by atoms with van der Waals surface area (Å²) in [4.78, 5) is 17.1. The number of sulfonamides is 1. The smallest absolute Gasteiger partial charge is 0.257 e. The maximum absolute atomic E-state index is 14.5. The van der Waals surface area contributed by atoms with Gasteiger partial charge in [-0.1, -0.05) is 13.8 Å². The Labute approximate surface area is 167 Å². The first-order valence-corrected chi connectivity index (χ1v) is 11.7. The highest BCUT2D eigenvalue weighted by molar-refractivity contribution is 7.89. The number of amides is 1. The molecule has 1 aromatic rings. The molecule has 3 rings (SSSR count). The number of likely N-dealkylation sites (tertiary alicyclic amines) is 2. The monoisotopic (exact) mass is 411 g/mol. The molecule has 1 atom stereocenters. The molecule has 0 radical (unpaired) electrons. The summed E-state index contributed by atoms with van der Waals surface area (Å²) in [6, 6.07) is 3.60. The number of carbonyl (C=O) groups is 1. The summed E-state index contributed by atoms with van der Waals surface area (Å²) in [5.74, 6) is -1.08. The van der Waals surface area contributed by atoms with Crippen LogP contribution >= 0.6 is 0 Å². The predicted octanol–water partition coefficient (Wildman–Crippen LogP) is 2.56. The maximum atomic E-state index is 14.5. The highest BCUT2D eigenvalue weighted by atomic mass is 32.2. The van der Waals surface area contributed by atoms with E-state index in [2.05, 4.69) is 4.90 Å². The molecular weight excluding hydrogens is 381 g/mol. The van der Waals surface area contributed by atoms with Crippen molar-refractivity contribution in [3.63, 3.8) is 0 Å². The molecule has 1 unspecified atom stereocenters. The van der Waals surface area contributed by atoms with Crippen LogP contribution in [0.4, 0.5) is 4.39 Å². The Kier molecular flexibility index (Phi) is 6.73. The Morgan fingerprint density at radius 2 is 1.82 bits per heavy atom. The number of hydrogen-bond acceptors (Lipinski definition) is 4. The second-order valence-electron chi connectivity index (χ2n) is 7.53. The van der Waals surface area contributed by atoms with Crippen molar-refractivity contribution in [2.75, 3.05) is 39.3 Å². The minimum atomic E-state index is -3.74. The molecule has 0 aliphatic carbocycles. The summed E-state index contributed by atoms with van der Waals surface area (Å²) in [6.07, 6.45) is 4.16. The van der Waals surface area contributed by atoms with E-state index in [1.165, 1.54) is 29.3 Å². The molecule has 1 aromatic carbocycles. The van der Waals surface area contributed by atoms with Crippen LogP contribution < -0.4 is 0 Å². The molecule has 2 heterocycles. The molecule has 0 bridgehead atoms. The summed E-state index contributed by atoms with van der Waals surface area (Å²) in [5.41, 5.74) is -0.151. The maximum Gasteiger partial charge on any atom is 0.257 e. The van der Waals surface area contributed by atoms with Crippen molar-refractivity contribution in [3.8, 4) is 0 Å². The summed E-state index contributed by atoms with van der Waals surface area (Å²) < 4.78 is 41.3. The third-order valence-corrected chi connectivity index (χ3v) is 7.86. The van der Waals surface area contributed by atoms with Gasteiger partial charge in [0.15, 0.2) is 0 Å². The molecular formula is C20H30FN3O3S. The highest BCUT2D eigenvalue weighted by Crippen LogP contribution is 2.25. The number of halogens is 1. The SMILES string of the molecule is CCN(CC)S(=O)(=O)c1ccc(F)c(C(=O)N2CCCC2CN2CCCC2)c1. The third-order valence-electron chi connectivity index (χ3n) is 5.82. The third kappa shape index (κ3) is 4.23. The molecule has 2 aliphatic rings. The normalized spacial score (nSPS) is 21.0. The van der Waals surface area contributed by atoms with E-state index in [4.69, 9.17) is 0 Å². The average Bonchev–Trinajstić information content (AvgIpc) is 3.34. The van der Waals surface area contributed by atoms with Gasteiger partial charge >= 0.3 is 0 Å². The lowest BCUT2D eigenvalue weighted by Gasteiger charge is -2.29. The van der Waals surface area contributed by atoms with E-state index in [1.807, 2.05) is 0 Å². The van der Waals surface area contributed by atoms with Gasteiger partial charge < -0.3 is 9.80 Å². The van der Waals surface area contributed by atoms with Crippen molar-refractivity contribution in [1.29, 1.82) is 0 Å². The number of rotatable bonds is 7. The molecule has 0 spiro atoms. The molecule has 6 nitrogen and oxygen atoms in total. The lowest BCUT2D eigenvalue weighted by molar-refractivity contribution is 0.0703. The first kappa shape index (κ1) is 21.2. The Hall–Kier alpha value is -1.51. The fraction of sp³-hybridized carbons (Fsp3) is 0.650. The molecule has 0 N–H and O–H groups in total. The van der Waals surface area contributed by atoms with Gasteiger partial charge in [-0.2, -0.15) is 4.31 Å². The van der Waals surface area contributed by atoms with Crippen LogP contribution in [0, 0.1) is 5.82 Å². The topological polar surface area (TPSA) is 60.9 Å². The summed E-state index contributed by atoms with van der Waals surface area (Å²) >= 11 is 0. The van der Waals surface area contributed by atoms with E-state index < -0.39 is 21.7 Å². The van der Waals surface area contributed by atoms with E-state index in [1.54, 1.807) is 18.7 Å². The second kappa shape index (κ2) is 8.88. The van der Waals surface area contributed by atoms with Crippen molar-refractivity contribution in [2.45, 2.75) is 50.5 Å². The molecule has 1 amide bonds. The number of benzene rings is 1. The van der Waals surface area contributed by atoms with E-state index in [0.717, 1.165) is 38.5 Å². The van der Waals surface area contributed by atoms with Crippen molar-refractivity contribution >= 4 is 15.9 Å². The van der Waals surface area contributed by atoms with E-state index in [9.17, 15) is 17.6 Å². The lowest BCUT2D eigenvalue weighted by atomic mass is 10.1. The zero-order valence-corrected chi connectivity index (χ0v) is 17.5. The van der Waals surface area contributed by atoms with Gasteiger partial charge in [-0.25, -0.2) is 12.8 Å². The molecule has 8 heteroatoms. The summed E-state index contributed by atoms with van der Waals surface area (Å²) in [5, 5.41) is 0. The first-order valence-electron chi connectivity index (χ1n) is 10.2. The minimum absolute atomic E-state index is 0.0313. The van der Waals surface area contributed by atoms with Crippen LogP contribution in [-0.2, 0) is 10.0 Å². The largest absolute Gasteiger partial charge is 0.334 e. The zero-order valence-electron chi connectivity index (χ0n) is 16.7. The van der Waals surface area contributed by atoms with Crippen LogP contribution in [0.15, 0.2) is 23.1 Å². The molecule has 0 saturated carbocycles. The Balaban J connectivity index is 1.85. The average molecular weight is 412 g/mol. The van der Waals surface area contributed by atoms with Crippen LogP contribution in [0.3, 0.4) is 0 Å². The van der Waals surface area contributed by atoms with Gasteiger partial charge in [0, 0.05) is 32.2 Å². The van der Waals surface area contributed by atoms with E-state index >= 15 is 0 Å². The van der Waals surface area contributed by atoms with Gasteiger partial charge in [0.2, 0.25) is 10.0 Å². The standard InChI is InChI=1S/C20H30FN3O3S/c1-3-23(4-2)28(26,27)17-9-10-19(21)18(14-17)20(25)24-13-7-8-16(24)15-22-11-5-6-12-22/h9-10,14,16H,3-8,11-13,15H2,1-2H3. The number of carbonyl (C=O) groups excluding carboxylic acids is 1. The highest BCUT2D eigenvalue weighted by Gasteiger charge is 2.33. The van der Waals surface area contributed by atoms with Gasteiger partial charge in [-0.15, -0.1) is 0 Å². The lowest BCUT2D eigenvalue weighted by Crippen LogP contribution is -2.42. The fourth-order valence-electron chi connectivity index (χ4n) is 4.25. The van der Waals surface area contributed by atoms with Gasteiger partial charge in [-0.3, -0.25) is 4.79 Å². The van der Waals surface area contributed by atoms with Gasteiger partial charge in [0.05, 0.1) is 10.5 Å². The van der Waals surface area contributed by atoms with Crippen LogP contribution in [0.25, 0.3) is 0 Å². The van der Waals surface area contributed by atoms with Crippen LogP contribution in [0.1, 0.15) is 49.9 Å². The van der Waals surface area contributed by atoms with Gasteiger partial charge in [0.25, 0.3) is 5.91 Å². The molecule has 2 aliphatic heterocycles. The Morgan fingerprint density at radius 3 is 2.46 bits per heavy atom. The zero-order chi connectivity index (χ0) is 20.3. The Morgan fingerprint density at radius 1 is 1.14 bits per heavy atom. The number of nitrogens with zero attached hydrogens (tertiary/aromatic N) is 3. The molecule has 2 saturated heterocycles. The van der Waals surface area contributed by atoms with E-state index in [0.29, 0.717) is 19.6 Å². The van der Waals surface area contributed by atoms with Crippen molar-refractivity contribution in [2.24, 2.45) is 0 Å². The van der Waals surface area contributed by atoms with Gasteiger partial charge in [0.1, 0.15) is 5.82 Å². The van der Waals surface area contributed by atoms with Gasteiger partial charge in [-0.05, 0) is 57.0 Å². The fourth-order valence-corrected chi connectivity index (χ4v) is 5.74. The van der Waals surface area contributed by atoms with Crippen LogP contribution in [0.2, 0.25) is 0 Å². The quantitative estimate of drug-likeness (QED) is 0.692. The van der Waals surface area contributed by atoms with E-state index in [-0.39, 0.29) is 16.5 Å². The van der Waals surface area contributed by atoms with Crippen LogP contribution in [-0.4, -0.2) is 73.7 Å². The first-order chi connectivity index (χ1) is 13.4. The van der Waals surface area contributed by atoms with Crippen molar-refractivity contribution in [1.82, 2.24) is 14.1 Å². The summed E-state index contributed by atoms with van der Waals surface area (Å²) in [6.45, 7) is 7.64. The molecule has 28 heavy (non-hydrogen) atoms. The van der Waals surface area contributed by atoms with Crippen molar-refractivity contribution < 1.29 is 17.6 Å². The second-order valence-corrected chi connectivity index (χ2v) is 9.47. The summed E-state index contributed by atoms with van der Waals surface area (Å²) in [7, 11) is -3.74. The van der Waals surface area contributed by atoms with Crippen LogP contribution in [0.5, 0.6) is 0 Å².